The van der Waals surface area contributed by atoms with E-state index in [0.717, 1.165) is 4.31 Å². The van der Waals surface area contributed by atoms with Crippen LogP contribution in [0.4, 0.5) is 5.69 Å². The van der Waals surface area contributed by atoms with Gasteiger partial charge in [0.2, 0.25) is 10.0 Å². The molecule has 2 aromatic rings. The van der Waals surface area contributed by atoms with Crippen LogP contribution in [0.25, 0.3) is 0 Å². The van der Waals surface area contributed by atoms with Crippen molar-refractivity contribution < 1.29 is 23.1 Å². The number of carboxylic acid groups (broad SMARTS) is 1. The molecule has 0 saturated carbocycles. The van der Waals surface area contributed by atoms with Crippen LogP contribution in [0, 0.1) is 0 Å². The van der Waals surface area contributed by atoms with Crippen molar-refractivity contribution >= 4 is 27.6 Å². The molecule has 2 rings (SSSR count). The highest BCUT2D eigenvalue weighted by molar-refractivity contribution is 7.89. The van der Waals surface area contributed by atoms with Gasteiger partial charge in [-0.3, -0.25) is 4.79 Å². The molecule has 0 heterocycles. The Balaban J connectivity index is 2.28. The lowest BCUT2D eigenvalue weighted by Crippen LogP contribution is -2.22. The molecule has 0 radical (unpaired) electrons. The molecule has 2 aromatic carbocycles. The van der Waals surface area contributed by atoms with Crippen molar-refractivity contribution in [1.29, 1.82) is 0 Å². The number of hydrogen-bond acceptors (Lipinski definition) is 4. The summed E-state index contributed by atoms with van der Waals surface area (Å²) in [4.78, 5) is 23.2. The Bertz CT molecular complexity index is 891. The molecule has 0 saturated heterocycles. The highest BCUT2D eigenvalue weighted by atomic mass is 32.2. The Morgan fingerprint density at radius 3 is 2.25 bits per heavy atom. The van der Waals surface area contributed by atoms with E-state index in [-0.39, 0.29) is 16.0 Å². The summed E-state index contributed by atoms with van der Waals surface area (Å²) in [6.45, 7) is 0. The Morgan fingerprint density at radius 2 is 1.62 bits per heavy atom. The van der Waals surface area contributed by atoms with E-state index >= 15 is 0 Å². The average Bonchev–Trinajstić information content (AvgIpc) is 2.55. The van der Waals surface area contributed by atoms with Gasteiger partial charge in [-0.15, -0.1) is 0 Å². The van der Waals surface area contributed by atoms with Crippen LogP contribution in [0.3, 0.4) is 0 Å². The number of rotatable bonds is 5. The van der Waals surface area contributed by atoms with E-state index in [1.54, 1.807) is 6.07 Å². The fourth-order valence-corrected chi connectivity index (χ4v) is 2.89. The van der Waals surface area contributed by atoms with E-state index in [2.05, 4.69) is 5.32 Å². The SMILES string of the molecule is CN(C)S(=O)(=O)c1cccc(C(=O)Nc2cccc(C(=O)O)c2)c1. The van der Waals surface area contributed by atoms with E-state index in [4.69, 9.17) is 5.11 Å². The number of nitrogens with zero attached hydrogens (tertiary/aromatic N) is 1. The average molecular weight is 348 g/mol. The van der Waals surface area contributed by atoms with Gasteiger partial charge in [0.15, 0.2) is 0 Å². The number of sulfonamides is 1. The van der Waals surface area contributed by atoms with Crippen molar-refractivity contribution in [2.75, 3.05) is 19.4 Å². The summed E-state index contributed by atoms with van der Waals surface area (Å²) in [5.74, 6) is -1.64. The lowest BCUT2D eigenvalue weighted by molar-refractivity contribution is 0.0696. The molecular weight excluding hydrogens is 332 g/mol. The summed E-state index contributed by atoms with van der Waals surface area (Å²) in [7, 11) is -0.844. The van der Waals surface area contributed by atoms with Gasteiger partial charge in [-0.25, -0.2) is 17.5 Å². The summed E-state index contributed by atoms with van der Waals surface area (Å²) >= 11 is 0. The van der Waals surface area contributed by atoms with Gasteiger partial charge in [-0.05, 0) is 36.4 Å². The number of amides is 1. The normalized spacial score (nSPS) is 11.3. The minimum Gasteiger partial charge on any atom is -0.478 e. The molecule has 8 heteroatoms. The number of anilines is 1. The minimum absolute atomic E-state index is 0.000522. The van der Waals surface area contributed by atoms with Crippen LogP contribution >= 0.6 is 0 Å². The molecule has 0 atom stereocenters. The van der Waals surface area contributed by atoms with Gasteiger partial charge in [-0.1, -0.05) is 12.1 Å². The summed E-state index contributed by atoms with van der Waals surface area (Å²) < 4.78 is 25.3. The van der Waals surface area contributed by atoms with E-state index < -0.39 is 21.9 Å². The second-order valence-electron chi connectivity index (χ2n) is 5.16. The molecule has 0 aliphatic rings. The van der Waals surface area contributed by atoms with Crippen molar-refractivity contribution in [3.8, 4) is 0 Å². The first-order chi connectivity index (χ1) is 11.2. The number of carbonyl (C=O) groups excluding carboxylic acids is 1. The zero-order chi connectivity index (χ0) is 17.9. The summed E-state index contributed by atoms with van der Waals surface area (Å²) in [6, 6.07) is 11.4. The maximum Gasteiger partial charge on any atom is 0.335 e. The Kier molecular flexibility index (Phi) is 5.01. The summed E-state index contributed by atoms with van der Waals surface area (Å²) in [6.07, 6.45) is 0. The number of hydrogen-bond donors (Lipinski definition) is 2. The van der Waals surface area contributed by atoms with Gasteiger partial charge < -0.3 is 10.4 Å². The maximum absolute atomic E-state index is 12.3. The maximum atomic E-state index is 12.3. The zero-order valence-corrected chi connectivity index (χ0v) is 13.9. The fourth-order valence-electron chi connectivity index (χ4n) is 1.94. The van der Waals surface area contributed by atoms with Gasteiger partial charge >= 0.3 is 5.97 Å². The van der Waals surface area contributed by atoms with Crippen molar-refractivity contribution in [1.82, 2.24) is 4.31 Å². The molecule has 1 amide bonds. The molecule has 7 nitrogen and oxygen atoms in total. The highest BCUT2D eigenvalue weighted by Crippen LogP contribution is 2.17. The van der Waals surface area contributed by atoms with Gasteiger partial charge in [0.25, 0.3) is 5.91 Å². The van der Waals surface area contributed by atoms with Crippen LogP contribution in [0.5, 0.6) is 0 Å². The standard InChI is InChI=1S/C16H16N2O5S/c1-18(2)24(22,23)14-8-4-5-11(10-14)15(19)17-13-7-3-6-12(9-13)16(20)21/h3-10H,1-2H3,(H,17,19)(H,20,21). The van der Waals surface area contributed by atoms with Crippen LogP contribution in [-0.2, 0) is 10.0 Å². The predicted molar refractivity (Wildman–Crippen MR) is 88.7 cm³/mol. The largest absolute Gasteiger partial charge is 0.478 e. The molecule has 0 aromatic heterocycles. The van der Waals surface area contributed by atoms with Crippen LogP contribution < -0.4 is 5.32 Å². The van der Waals surface area contributed by atoms with Gasteiger partial charge in [0.05, 0.1) is 10.5 Å². The molecule has 24 heavy (non-hydrogen) atoms. The summed E-state index contributed by atoms with van der Waals surface area (Å²) in [5, 5.41) is 11.5. The van der Waals surface area contributed by atoms with E-state index in [9.17, 15) is 18.0 Å². The highest BCUT2D eigenvalue weighted by Gasteiger charge is 2.18. The van der Waals surface area contributed by atoms with Crippen molar-refractivity contribution in [3.05, 3.63) is 59.7 Å². The number of carboxylic acids is 1. The molecule has 2 N–H and O–H groups in total. The third kappa shape index (κ3) is 3.79. The first-order valence-electron chi connectivity index (χ1n) is 6.89. The van der Waals surface area contributed by atoms with Crippen LogP contribution in [0.1, 0.15) is 20.7 Å². The van der Waals surface area contributed by atoms with Crippen LogP contribution in [0.2, 0.25) is 0 Å². The molecule has 0 fully saturated rings. The monoisotopic (exact) mass is 348 g/mol. The first-order valence-corrected chi connectivity index (χ1v) is 8.33. The number of aromatic carboxylic acids is 1. The van der Waals surface area contributed by atoms with Crippen LogP contribution in [0.15, 0.2) is 53.4 Å². The van der Waals surface area contributed by atoms with E-state index in [1.807, 2.05) is 0 Å². The Morgan fingerprint density at radius 1 is 1.00 bits per heavy atom. The Labute approximate surface area is 139 Å². The molecule has 0 spiro atoms. The fraction of sp³-hybridized carbons (Fsp3) is 0.125. The quantitative estimate of drug-likeness (QED) is 0.859. The topological polar surface area (TPSA) is 104 Å². The lowest BCUT2D eigenvalue weighted by atomic mass is 10.2. The molecular formula is C16H16N2O5S. The Hall–Kier alpha value is -2.71. The minimum atomic E-state index is -3.65. The molecule has 126 valence electrons. The first kappa shape index (κ1) is 17.6. The van der Waals surface area contributed by atoms with E-state index in [0.29, 0.717) is 5.69 Å². The number of benzene rings is 2. The molecule has 0 bridgehead atoms. The van der Waals surface area contributed by atoms with Crippen molar-refractivity contribution in [2.45, 2.75) is 4.90 Å². The molecule has 0 unspecified atom stereocenters. The zero-order valence-electron chi connectivity index (χ0n) is 13.1. The number of carbonyl (C=O) groups is 2. The molecule has 0 aliphatic carbocycles. The summed E-state index contributed by atoms with van der Waals surface area (Å²) in [5.41, 5.74) is 0.496. The second kappa shape index (κ2) is 6.81. The number of nitrogens with one attached hydrogen (secondary N) is 1. The second-order valence-corrected chi connectivity index (χ2v) is 7.31. The van der Waals surface area contributed by atoms with Gasteiger partial charge in [0, 0.05) is 25.3 Å². The van der Waals surface area contributed by atoms with Gasteiger partial charge in [-0.2, -0.15) is 0 Å². The third-order valence-corrected chi connectivity index (χ3v) is 5.05. The van der Waals surface area contributed by atoms with Crippen molar-refractivity contribution in [3.63, 3.8) is 0 Å². The van der Waals surface area contributed by atoms with Gasteiger partial charge in [0.1, 0.15) is 0 Å². The van der Waals surface area contributed by atoms with Crippen LogP contribution in [-0.4, -0.2) is 43.8 Å². The lowest BCUT2D eigenvalue weighted by Gasteiger charge is -2.12. The smallest absolute Gasteiger partial charge is 0.335 e. The predicted octanol–water partition coefficient (Wildman–Crippen LogP) is 1.89. The van der Waals surface area contributed by atoms with Crippen molar-refractivity contribution in [2.24, 2.45) is 0 Å². The molecule has 0 aliphatic heterocycles. The van der Waals surface area contributed by atoms with E-state index in [1.165, 1.54) is 56.6 Å². The third-order valence-electron chi connectivity index (χ3n) is 3.24.